The monoisotopic (exact) mass is 562 g/mol. The van der Waals surface area contributed by atoms with Crippen LogP contribution in [-0.2, 0) is 11.2 Å². The summed E-state index contributed by atoms with van der Waals surface area (Å²) in [5.41, 5.74) is 3.47. The van der Waals surface area contributed by atoms with Crippen LogP contribution in [0.5, 0.6) is 5.75 Å². The molecule has 0 aliphatic carbocycles. The largest absolute Gasteiger partial charge is 0.507 e. The highest BCUT2D eigenvalue weighted by Gasteiger charge is 2.38. The average molecular weight is 563 g/mol. The Morgan fingerprint density at radius 2 is 1.51 bits per heavy atom. The third-order valence-electron chi connectivity index (χ3n) is 6.38. The Hall–Kier alpha value is -4.61. The summed E-state index contributed by atoms with van der Waals surface area (Å²) in [4.78, 5) is 20.9. The van der Waals surface area contributed by atoms with Gasteiger partial charge in [-0.05, 0) is 68.3 Å². The first-order chi connectivity index (χ1) is 19.7. The van der Waals surface area contributed by atoms with Gasteiger partial charge in [0.25, 0.3) is 5.91 Å². The number of amides is 1. The number of phenolic OH excluding ortho intramolecular Hbond substituents is 1. The lowest BCUT2D eigenvalue weighted by Crippen LogP contribution is -2.34. The third kappa shape index (κ3) is 6.59. The molecule has 41 heavy (non-hydrogen) atoms. The first-order valence-electron chi connectivity index (χ1n) is 13.4. The predicted molar refractivity (Wildman–Crippen MR) is 166 cm³/mol. The van der Waals surface area contributed by atoms with Gasteiger partial charge >= 0.3 is 0 Å². The summed E-state index contributed by atoms with van der Waals surface area (Å²) in [5.74, 6) is 0.299. The summed E-state index contributed by atoms with van der Waals surface area (Å²) in [7, 11) is 0. The SMILES string of the molecule is CC(C)(C)N=C1O/C(=C\c2ccccc2)C(Cc2ccccc2)=C1N(C(=O)c1cc(Cl)ccc1O)c1ccccc1. The van der Waals surface area contributed by atoms with E-state index in [0.717, 1.165) is 16.7 Å². The molecule has 4 aromatic carbocycles. The van der Waals surface area contributed by atoms with Crippen molar-refractivity contribution in [3.63, 3.8) is 0 Å². The lowest BCUT2D eigenvalue weighted by atomic mass is 9.99. The number of ether oxygens (including phenoxy) is 1. The Kier molecular flexibility index (Phi) is 8.09. The van der Waals surface area contributed by atoms with Crippen molar-refractivity contribution < 1.29 is 14.6 Å². The van der Waals surface area contributed by atoms with Gasteiger partial charge in [0.1, 0.15) is 17.2 Å². The molecule has 1 amide bonds. The number of aliphatic imine (C=N–C) groups is 1. The van der Waals surface area contributed by atoms with Crippen LogP contribution in [0.4, 0.5) is 5.69 Å². The maximum atomic E-state index is 14.4. The number of carbonyl (C=O) groups excluding carboxylic acids is 1. The summed E-state index contributed by atoms with van der Waals surface area (Å²) in [5, 5.41) is 11.1. The van der Waals surface area contributed by atoms with Crippen LogP contribution in [-0.4, -0.2) is 22.5 Å². The molecule has 0 unspecified atom stereocenters. The molecule has 206 valence electrons. The van der Waals surface area contributed by atoms with Gasteiger partial charge < -0.3 is 9.84 Å². The Morgan fingerprint density at radius 3 is 2.15 bits per heavy atom. The molecule has 4 aromatic rings. The van der Waals surface area contributed by atoms with E-state index in [0.29, 0.717) is 34.5 Å². The van der Waals surface area contributed by atoms with Gasteiger partial charge in [-0.25, -0.2) is 4.99 Å². The molecule has 5 nitrogen and oxygen atoms in total. The van der Waals surface area contributed by atoms with E-state index < -0.39 is 11.4 Å². The molecular weight excluding hydrogens is 532 g/mol. The Labute approximate surface area is 245 Å². The molecule has 1 aliphatic rings. The standard InChI is InChI=1S/C35H31ClN2O3/c1-35(2,3)37-33-32(38(27-17-11-6-12-18-27)34(40)28-23-26(36)19-20-30(28)39)29(21-24-13-7-4-8-14-24)31(41-33)22-25-15-9-5-10-16-25/h4-20,22-23,39H,21H2,1-3H3/b31-22-,37-33?. The van der Waals surface area contributed by atoms with Crippen molar-refractivity contribution in [1.82, 2.24) is 0 Å². The van der Waals surface area contributed by atoms with Crippen molar-refractivity contribution in [1.29, 1.82) is 0 Å². The van der Waals surface area contributed by atoms with Gasteiger partial charge in [0.2, 0.25) is 5.90 Å². The number of anilines is 1. The van der Waals surface area contributed by atoms with Crippen LogP contribution in [0.3, 0.4) is 0 Å². The van der Waals surface area contributed by atoms with Gasteiger partial charge in [0.05, 0.1) is 11.1 Å². The van der Waals surface area contributed by atoms with E-state index in [1.54, 1.807) is 11.0 Å². The number of rotatable bonds is 6. The van der Waals surface area contributed by atoms with Crippen LogP contribution in [0.25, 0.3) is 6.08 Å². The molecule has 0 bridgehead atoms. The van der Waals surface area contributed by atoms with Crippen molar-refractivity contribution in [3.8, 4) is 5.75 Å². The zero-order valence-corrected chi connectivity index (χ0v) is 24.0. The Bertz CT molecular complexity index is 1640. The van der Waals surface area contributed by atoms with Crippen LogP contribution < -0.4 is 4.90 Å². The van der Waals surface area contributed by atoms with Gasteiger partial charge in [0, 0.05) is 22.7 Å². The number of allylic oxidation sites excluding steroid dienone is 1. The smallest absolute Gasteiger partial charge is 0.266 e. The molecule has 1 heterocycles. The number of hydrogen-bond donors (Lipinski definition) is 1. The molecule has 6 heteroatoms. The van der Waals surface area contributed by atoms with Gasteiger partial charge in [-0.2, -0.15) is 0 Å². The minimum absolute atomic E-state index is 0.0727. The maximum Gasteiger partial charge on any atom is 0.266 e. The summed E-state index contributed by atoms with van der Waals surface area (Å²) in [6, 6.07) is 33.7. The fraction of sp³-hybridized carbons (Fsp3) is 0.143. The minimum Gasteiger partial charge on any atom is -0.507 e. The van der Waals surface area contributed by atoms with E-state index in [2.05, 4.69) is 0 Å². The molecular formula is C35H31ClN2O3. The molecule has 1 N–H and O–H groups in total. The second-order valence-electron chi connectivity index (χ2n) is 10.7. The van der Waals surface area contributed by atoms with Gasteiger partial charge in [0.15, 0.2) is 0 Å². The summed E-state index contributed by atoms with van der Waals surface area (Å²) >= 11 is 6.29. The van der Waals surface area contributed by atoms with Crippen LogP contribution in [0, 0.1) is 0 Å². The van der Waals surface area contributed by atoms with E-state index in [1.807, 2.05) is 118 Å². The van der Waals surface area contributed by atoms with Crippen molar-refractivity contribution in [3.05, 3.63) is 148 Å². The number of aromatic hydroxyl groups is 1. The summed E-state index contributed by atoms with van der Waals surface area (Å²) < 4.78 is 6.54. The molecule has 0 spiro atoms. The number of benzene rings is 4. The lowest BCUT2D eigenvalue weighted by molar-refractivity contribution is 0.0993. The van der Waals surface area contributed by atoms with Crippen molar-refractivity contribution in [2.24, 2.45) is 4.99 Å². The number of nitrogens with zero attached hydrogens (tertiary/aromatic N) is 2. The lowest BCUT2D eigenvalue weighted by Gasteiger charge is -2.26. The number of halogens is 1. The topological polar surface area (TPSA) is 62.1 Å². The van der Waals surface area contributed by atoms with Gasteiger partial charge in [-0.3, -0.25) is 9.69 Å². The minimum atomic E-state index is -0.510. The van der Waals surface area contributed by atoms with E-state index in [-0.39, 0.29) is 11.3 Å². The van der Waals surface area contributed by atoms with E-state index in [4.69, 9.17) is 21.3 Å². The highest BCUT2D eigenvalue weighted by molar-refractivity contribution is 6.31. The molecule has 0 radical (unpaired) electrons. The van der Waals surface area contributed by atoms with Crippen LogP contribution in [0.2, 0.25) is 5.02 Å². The quantitative estimate of drug-likeness (QED) is 0.256. The van der Waals surface area contributed by atoms with Gasteiger partial charge in [-0.1, -0.05) is 90.5 Å². The zero-order valence-electron chi connectivity index (χ0n) is 23.2. The fourth-order valence-electron chi connectivity index (χ4n) is 4.58. The molecule has 0 aromatic heterocycles. The molecule has 0 fully saturated rings. The molecule has 5 rings (SSSR count). The van der Waals surface area contributed by atoms with E-state index in [1.165, 1.54) is 12.1 Å². The Balaban J connectivity index is 1.81. The van der Waals surface area contributed by atoms with Crippen molar-refractivity contribution >= 4 is 35.2 Å². The average Bonchev–Trinajstić information content (AvgIpc) is 3.25. The maximum absolute atomic E-state index is 14.4. The molecule has 1 aliphatic heterocycles. The van der Waals surface area contributed by atoms with E-state index >= 15 is 0 Å². The van der Waals surface area contributed by atoms with Gasteiger partial charge in [-0.15, -0.1) is 0 Å². The number of phenols is 1. The first kappa shape index (κ1) is 27.9. The fourth-order valence-corrected chi connectivity index (χ4v) is 4.76. The highest BCUT2D eigenvalue weighted by Crippen LogP contribution is 2.38. The second kappa shape index (κ2) is 11.9. The first-order valence-corrected chi connectivity index (χ1v) is 13.8. The second-order valence-corrected chi connectivity index (χ2v) is 11.2. The third-order valence-corrected chi connectivity index (χ3v) is 6.62. The van der Waals surface area contributed by atoms with Crippen molar-refractivity contribution in [2.45, 2.75) is 32.7 Å². The predicted octanol–water partition coefficient (Wildman–Crippen LogP) is 8.46. The molecule has 0 atom stereocenters. The number of para-hydroxylation sites is 1. The normalized spacial score (nSPS) is 15.3. The van der Waals surface area contributed by atoms with Crippen molar-refractivity contribution in [2.75, 3.05) is 4.90 Å². The number of hydrogen-bond acceptors (Lipinski definition) is 4. The summed E-state index contributed by atoms with van der Waals surface area (Å²) in [6.45, 7) is 5.94. The van der Waals surface area contributed by atoms with Crippen LogP contribution in [0.1, 0.15) is 42.3 Å². The highest BCUT2D eigenvalue weighted by atomic mass is 35.5. The number of carbonyl (C=O) groups is 1. The molecule has 0 saturated carbocycles. The zero-order chi connectivity index (χ0) is 29.0. The van der Waals surface area contributed by atoms with Crippen LogP contribution >= 0.6 is 11.6 Å². The van der Waals surface area contributed by atoms with Crippen LogP contribution in [0.15, 0.2) is 131 Å². The summed E-state index contributed by atoms with van der Waals surface area (Å²) in [6.07, 6.45) is 2.45. The Morgan fingerprint density at radius 1 is 0.902 bits per heavy atom. The van der Waals surface area contributed by atoms with E-state index in [9.17, 15) is 9.90 Å². The molecule has 0 saturated heterocycles.